The van der Waals surface area contributed by atoms with Gasteiger partial charge < -0.3 is 9.64 Å². The predicted molar refractivity (Wildman–Crippen MR) is 64.9 cm³/mol. The van der Waals surface area contributed by atoms with Crippen LogP contribution in [0, 0.1) is 5.92 Å². The molecule has 108 valence electrons. The monoisotopic (exact) mass is 276 g/mol. The summed E-state index contributed by atoms with van der Waals surface area (Å²) < 4.78 is 32.7. The van der Waals surface area contributed by atoms with Gasteiger partial charge in [-0.1, -0.05) is 5.11 Å². The van der Waals surface area contributed by atoms with Crippen molar-refractivity contribution in [2.45, 2.75) is 38.7 Å². The van der Waals surface area contributed by atoms with Gasteiger partial charge >= 0.3 is 6.09 Å². The highest BCUT2D eigenvalue weighted by Gasteiger charge is 2.46. The molecule has 1 saturated heterocycles. The minimum atomic E-state index is -3.07. The van der Waals surface area contributed by atoms with Gasteiger partial charge in [0.15, 0.2) is 0 Å². The average molecular weight is 276 g/mol. The van der Waals surface area contributed by atoms with Crippen LogP contribution in [0.25, 0.3) is 10.4 Å². The van der Waals surface area contributed by atoms with E-state index < -0.39 is 30.1 Å². The molecule has 1 aliphatic heterocycles. The first-order valence-electron chi connectivity index (χ1n) is 6.02. The van der Waals surface area contributed by atoms with Crippen molar-refractivity contribution < 1.29 is 18.3 Å². The van der Waals surface area contributed by atoms with Gasteiger partial charge in [-0.05, 0) is 32.7 Å². The Balaban J connectivity index is 2.65. The first kappa shape index (κ1) is 15.5. The lowest BCUT2D eigenvalue weighted by Crippen LogP contribution is -2.52. The number of alkyl halides is 2. The molecule has 0 radical (unpaired) electrons. The Morgan fingerprint density at radius 3 is 2.68 bits per heavy atom. The first-order valence-corrected chi connectivity index (χ1v) is 6.02. The largest absolute Gasteiger partial charge is 0.444 e. The summed E-state index contributed by atoms with van der Waals surface area (Å²) in [6, 6.07) is 0. The van der Waals surface area contributed by atoms with Crippen LogP contribution in [0.2, 0.25) is 0 Å². The molecule has 19 heavy (non-hydrogen) atoms. The summed E-state index contributed by atoms with van der Waals surface area (Å²) in [5.41, 5.74) is 7.45. The molecule has 0 aromatic carbocycles. The number of carbonyl (C=O) groups excluding carboxylic acids is 1. The van der Waals surface area contributed by atoms with Gasteiger partial charge in [0.1, 0.15) is 5.60 Å². The van der Waals surface area contributed by atoms with Crippen molar-refractivity contribution in [2.24, 2.45) is 11.0 Å². The minimum Gasteiger partial charge on any atom is -0.444 e. The minimum absolute atomic E-state index is 0.0886. The Morgan fingerprint density at radius 1 is 1.58 bits per heavy atom. The number of rotatable bonds is 2. The van der Waals surface area contributed by atoms with Gasteiger partial charge in [-0.3, -0.25) is 0 Å². The number of amides is 1. The van der Waals surface area contributed by atoms with Crippen LogP contribution in [0.4, 0.5) is 13.6 Å². The summed E-state index contributed by atoms with van der Waals surface area (Å²) in [4.78, 5) is 15.2. The van der Waals surface area contributed by atoms with E-state index in [2.05, 4.69) is 10.0 Å². The van der Waals surface area contributed by atoms with Crippen molar-refractivity contribution in [3.63, 3.8) is 0 Å². The van der Waals surface area contributed by atoms with Crippen LogP contribution in [0.3, 0.4) is 0 Å². The van der Waals surface area contributed by atoms with Crippen LogP contribution in [0.15, 0.2) is 5.11 Å². The quantitative estimate of drug-likeness (QED) is 0.441. The van der Waals surface area contributed by atoms with Crippen molar-refractivity contribution in [2.75, 3.05) is 19.6 Å². The molecule has 1 atom stereocenters. The number of nitrogens with zero attached hydrogens (tertiary/aromatic N) is 4. The number of carbonyl (C=O) groups is 1. The number of piperidine rings is 1. The van der Waals surface area contributed by atoms with E-state index in [0.717, 1.165) is 4.90 Å². The molecule has 0 bridgehead atoms. The topological polar surface area (TPSA) is 78.3 Å². The third-order valence-electron chi connectivity index (χ3n) is 2.76. The van der Waals surface area contributed by atoms with Crippen LogP contribution >= 0.6 is 0 Å². The Morgan fingerprint density at radius 2 is 2.21 bits per heavy atom. The van der Waals surface area contributed by atoms with E-state index >= 15 is 0 Å². The van der Waals surface area contributed by atoms with Gasteiger partial charge in [0.2, 0.25) is 0 Å². The molecule has 6 nitrogen and oxygen atoms in total. The fraction of sp³-hybridized carbons (Fsp3) is 0.909. The van der Waals surface area contributed by atoms with E-state index in [1.807, 2.05) is 0 Å². The Kier molecular flexibility index (Phi) is 4.57. The molecule has 8 heteroatoms. The van der Waals surface area contributed by atoms with E-state index in [0.29, 0.717) is 0 Å². The summed E-state index contributed by atoms with van der Waals surface area (Å²) in [6.07, 6.45) is -0.653. The highest BCUT2D eigenvalue weighted by Crippen LogP contribution is 2.33. The molecular formula is C11H18F2N4O2. The molecule has 0 aromatic heterocycles. The van der Waals surface area contributed by atoms with E-state index in [9.17, 15) is 13.6 Å². The standard InChI is InChI=1S/C11H18F2N4O2/c1-10(2,3)19-9(18)17-5-4-8(6-15-16-14)11(12,13)7-17/h8H,4-7H2,1-3H3. The van der Waals surface area contributed by atoms with Gasteiger partial charge in [-0.15, -0.1) is 0 Å². The highest BCUT2D eigenvalue weighted by molar-refractivity contribution is 5.68. The molecule has 0 aliphatic carbocycles. The van der Waals surface area contributed by atoms with Gasteiger partial charge in [0.25, 0.3) is 5.92 Å². The molecule has 1 rings (SSSR count). The SMILES string of the molecule is CC(C)(C)OC(=O)N1CCC(CN=[N+]=[N-])C(F)(F)C1. The second-order valence-corrected chi connectivity index (χ2v) is 5.56. The van der Waals surface area contributed by atoms with Crippen molar-refractivity contribution in [3.8, 4) is 0 Å². The maximum absolute atomic E-state index is 13.8. The normalized spacial score (nSPS) is 22.6. The van der Waals surface area contributed by atoms with Crippen molar-refractivity contribution in [3.05, 3.63) is 10.4 Å². The van der Waals surface area contributed by atoms with Crippen molar-refractivity contribution >= 4 is 6.09 Å². The Bertz CT molecular complexity index is 389. The van der Waals surface area contributed by atoms with Crippen LogP contribution in [-0.4, -0.2) is 42.2 Å². The number of hydrogen-bond donors (Lipinski definition) is 0. The van der Waals surface area contributed by atoms with E-state index in [4.69, 9.17) is 10.3 Å². The Labute approximate surface area is 110 Å². The number of likely N-dealkylation sites (tertiary alicyclic amines) is 1. The molecule has 0 aromatic rings. The second kappa shape index (κ2) is 5.61. The first-order chi connectivity index (χ1) is 8.65. The van der Waals surface area contributed by atoms with Crippen LogP contribution in [0.5, 0.6) is 0 Å². The van der Waals surface area contributed by atoms with Gasteiger partial charge in [-0.2, -0.15) is 0 Å². The summed E-state index contributed by atoms with van der Waals surface area (Å²) in [5.74, 6) is -4.09. The molecule has 0 spiro atoms. The number of ether oxygens (including phenoxy) is 1. The molecule has 0 N–H and O–H groups in total. The summed E-state index contributed by atoms with van der Waals surface area (Å²) in [7, 11) is 0. The molecule has 1 aliphatic rings. The highest BCUT2D eigenvalue weighted by atomic mass is 19.3. The lowest BCUT2D eigenvalue weighted by Gasteiger charge is -2.38. The second-order valence-electron chi connectivity index (χ2n) is 5.56. The Hall–Kier alpha value is -1.56. The van der Waals surface area contributed by atoms with Crippen LogP contribution in [-0.2, 0) is 4.74 Å². The number of hydrogen-bond acceptors (Lipinski definition) is 3. The number of halogens is 2. The lowest BCUT2D eigenvalue weighted by molar-refractivity contribution is -0.107. The van der Waals surface area contributed by atoms with Crippen molar-refractivity contribution in [1.29, 1.82) is 0 Å². The van der Waals surface area contributed by atoms with E-state index in [1.165, 1.54) is 0 Å². The molecular weight excluding hydrogens is 258 g/mol. The van der Waals surface area contributed by atoms with Crippen molar-refractivity contribution in [1.82, 2.24) is 4.90 Å². The molecule has 1 unspecified atom stereocenters. The van der Waals surface area contributed by atoms with Gasteiger partial charge in [-0.25, -0.2) is 13.6 Å². The average Bonchev–Trinajstić information content (AvgIpc) is 2.24. The maximum atomic E-state index is 13.8. The van der Waals surface area contributed by atoms with Gasteiger partial charge in [0.05, 0.1) is 6.54 Å². The smallest absolute Gasteiger partial charge is 0.410 e. The van der Waals surface area contributed by atoms with E-state index in [-0.39, 0.29) is 19.5 Å². The zero-order valence-corrected chi connectivity index (χ0v) is 11.3. The fourth-order valence-electron chi connectivity index (χ4n) is 1.83. The lowest BCUT2D eigenvalue weighted by atomic mass is 9.93. The zero-order chi connectivity index (χ0) is 14.7. The fourth-order valence-corrected chi connectivity index (χ4v) is 1.83. The zero-order valence-electron chi connectivity index (χ0n) is 11.3. The molecule has 0 saturated carbocycles. The molecule has 1 fully saturated rings. The maximum Gasteiger partial charge on any atom is 0.410 e. The van der Waals surface area contributed by atoms with Crippen LogP contribution < -0.4 is 0 Å². The van der Waals surface area contributed by atoms with Gasteiger partial charge in [0, 0.05) is 23.9 Å². The van der Waals surface area contributed by atoms with Crippen LogP contribution in [0.1, 0.15) is 27.2 Å². The number of azide groups is 1. The summed E-state index contributed by atoms with van der Waals surface area (Å²) in [5, 5.41) is 3.19. The summed E-state index contributed by atoms with van der Waals surface area (Å²) >= 11 is 0. The summed E-state index contributed by atoms with van der Waals surface area (Å²) in [6.45, 7) is 4.25. The third-order valence-corrected chi connectivity index (χ3v) is 2.76. The molecule has 1 heterocycles. The molecule has 1 amide bonds. The van der Waals surface area contributed by atoms with E-state index in [1.54, 1.807) is 20.8 Å². The third kappa shape index (κ3) is 4.55. The predicted octanol–water partition coefficient (Wildman–Crippen LogP) is 3.19.